The number of carbonyl (C=O) groups excluding carboxylic acids is 1. The van der Waals surface area contributed by atoms with Gasteiger partial charge in [-0.1, -0.05) is 24.3 Å². The number of hydrogen-bond donors (Lipinski definition) is 1. The summed E-state index contributed by atoms with van der Waals surface area (Å²) in [5.74, 6) is 0.618. The van der Waals surface area contributed by atoms with Gasteiger partial charge in [0.1, 0.15) is 12.4 Å². The molecule has 0 saturated heterocycles. The van der Waals surface area contributed by atoms with Gasteiger partial charge in [-0.05, 0) is 62.2 Å². The number of benzene rings is 2. The van der Waals surface area contributed by atoms with Crippen molar-refractivity contribution >= 4 is 5.91 Å². The second-order valence-electron chi connectivity index (χ2n) is 6.35. The highest BCUT2D eigenvalue weighted by molar-refractivity contribution is 5.92. The highest BCUT2D eigenvalue weighted by atomic mass is 16.5. The normalized spacial score (nSPS) is 10.6. The summed E-state index contributed by atoms with van der Waals surface area (Å²) in [6.07, 6.45) is 0. The summed E-state index contributed by atoms with van der Waals surface area (Å²) in [5, 5.41) is 7.25. The van der Waals surface area contributed by atoms with Crippen LogP contribution < -0.4 is 10.1 Å². The summed E-state index contributed by atoms with van der Waals surface area (Å²) in [7, 11) is 0. The van der Waals surface area contributed by atoms with Gasteiger partial charge in [0, 0.05) is 5.69 Å². The predicted octanol–water partition coefficient (Wildman–Crippen LogP) is 3.61. The van der Waals surface area contributed by atoms with Gasteiger partial charge in [0.25, 0.3) is 5.91 Å². The number of ether oxygens (including phenoxy) is 1. The summed E-state index contributed by atoms with van der Waals surface area (Å²) in [5.41, 5.74) is 4.56. The summed E-state index contributed by atoms with van der Waals surface area (Å²) >= 11 is 0. The van der Waals surface area contributed by atoms with Gasteiger partial charge in [0.15, 0.2) is 5.69 Å². The number of hydrogen-bond acceptors (Lipinski definition) is 3. The number of nitrogens with zero attached hydrogens (tertiary/aromatic N) is 2. The lowest BCUT2D eigenvalue weighted by molar-refractivity contribution is 0.0941. The first-order valence-electron chi connectivity index (χ1n) is 8.64. The fraction of sp³-hybridized carbons (Fsp3) is 0.238. The Balaban J connectivity index is 1.55. The number of rotatable bonds is 6. The van der Waals surface area contributed by atoms with Crippen LogP contribution in [-0.4, -0.2) is 28.8 Å². The van der Waals surface area contributed by atoms with Crippen molar-refractivity contribution < 1.29 is 9.53 Å². The van der Waals surface area contributed by atoms with Gasteiger partial charge in [-0.25, -0.2) is 4.68 Å². The van der Waals surface area contributed by atoms with Crippen LogP contribution in [0.25, 0.3) is 5.69 Å². The molecule has 5 nitrogen and oxygen atoms in total. The van der Waals surface area contributed by atoms with E-state index in [2.05, 4.69) is 16.5 Å². The molecule has 0 unspecified atom stereocenters. The van der Waals surface area contributed by atoms with E-state index in [1.807, 2.05) is 63.2 Å². The molecule has 0 saturated carbocycles. The topological polar surface area (TPSA) is 56.1 Å². The van der Waals surface area contributed by atoms with E-state index >= 15 is 0 Å². The van der Waals surface area contributed by atoms with Crippen molar-refractivity contribution in [2.24, 2.45) is 0 Å². The fourth-order valence-electron chi connectivity index (χ4n) is 2.86. The van der Waals surface area contributed by atoms with Crippen LogP contribution in [0.15, 0.2) is 54.6 Å². The summed E-state index contributed by atoms with van der Waals surface area (Å²) in [4.78, 5) is 12.3. The third kappa shape index (κ3) is 4.30. The van der Waals surface area contributed by atoms with Crippen molar-refractivity contribution in [2.45, 2.75) is 20.8 Å². The summed E-state index contributed by atoms with van der Waals surface area (Å²) in [6, 6.07) is 17.6. The Kier molecular flexibility index (Phi) is 5.37. The third-order valence-electron chi connectivity index (χ3n) is 3.97. The number of aromatic nitrogens is 2. The Morgan fingerprint density at radius 2 is 1.73 bits per heavy atom. The van der Waals surface area contributed by atoms with E-state index in [0.717, 1.165) is 28.3 Å². The SMILES string of the molecule is Cc1cc(C)cc(OCCNC(=O)c2cc(C)n(-c3ccccc3)n2)c1. The Bertz CT molecular complexity index is 881. The first-order valence-corrected chi connectivity index (χ1v) is 8.64. The number of para-hydroxylation sites is 1. The van der Waals surface area contributed by atoms with Crippen LogP contribution >= 0.6 is 0 Å². The van der Waals surface area contributed by atoms with E-state index in [4.69, 9.17) is 4.74 Å². The minimum absolute atomic E-state index is 0.202. The lowest BCUT2D eigenvalue weighted by Crippen LogP contribution is -2.28. The minimum Gasteiger partial charge on any atom is -0.492 e. The lowest BCUT2D eigenvalue weighted by Gasteiger charge is -2.08. The zero-order chi connectivity index (χ0) is 18.5. The van der Waals surface area contributed by atoms with Crippen LogP contribution in [0, 0.1) is 20.8 Å². The molecule has 0 atom stereocenters. The molecule has 0 aliphatic rings. The Morgan fingerprint density at radius 1 is 1.04 bits per heavy atom. The molecule has 5 heteroatoms. The van der Waals surface area contributed by atoms with Gasteiger partial charge >= 0.3 is 0 Å². The highest BCUT2D eigenvalue weighted by Crippen LogP contribution is 2.16. The van der Waals surface area contributed by atoms with E-state index in [1.165, 1.54) is 0 Å². The second kappa shape index (κ2) is 7.87. The molecule has 1 N–H and O–H groups in total. The van der Waals surface area contributed by atoms with Gasteiger partial charge in [-0.3, -0.25) is 4.79 Å². The van der Waals surface area contributed by atoms with E-state index in [-0.39, 0.29) is 5.91 Å². The van der Waals surface area contributed by atoms with Gasteiger partial charge in [0.2, 0.25) is 0 Å². The van der Waals surface area contributed by atoms with Crippen molar-refractivity contribution in [1.82, 2.24) is 15.1 Å². The average Bonchev–Trinajstić information content (AvgIpc) is 3.00. The fourth-order valence-corrected chi connectivity index (χ4v) is 2.86. The maximum Gasteiger partial charge on any atom is 0.271 e. The molecule has 1 aromatic heterocycles. The molecule has 2 aromatic carbocycles. The maximum absolute atomic E-state index is 12.3. The number of carbonyl (C=O) groups is 1. The van der Waals surface area contributed by atoms with E-state index < -0.39 is 0 Å². The zero-order valence-corrected chi connectivity index (χ0v) is 15.3. The molecule has 1 heterocycles. The average molecular weight is 349 g/mol. The molecule has 26 heavy (non-hydrogen) atoms. The minimum atomic E-state index is -0.202. The molecular formula is C21H23N3O2. The summed E-state index contributed by atoms with van der Waals surface area (Å²) < 4.78 is 7.48. The van der Waals surface area contributed by atoms with Crippen molar-refractivity contribution in [2.75, 3.05) is 13.2 Å². The largest absolute Gasteiger partial charge is 0.492 e. The van der Waals surface area contributed by atoms with Crippen LogP contribution in [0.3, 0.4) is 0 Å². The molecule has 0 aliphatic carbocycles. The van der Waals surface area contributed by atoms with Crippen LogP contribution in [0.1, 0.15) is 27.3 Å². The third-order valence-corrected chi connectivity index (χ3v) is 3.97. The Morgan fingerprint density at radius 3 is 2.42 bits per heavy atom. The highest BCUT2D eigenvalue weighted by Gasteiger charge is 2.12. The molecular weight excluding hydrogens is 326 g/mol. The maximum atomic E-state index is 12.3. The molecule has 1 amide bonds. The predicted molar refractivity (Wildman–Crippen MR) is 102 cm³/mol. The smallest absolute Gasteiger partial charge is 0.271 e. The van der Waals surface area contributed by atoms with Gasteiger partial charge in [-0.15, -0.1) is 0 Å². The molecule has 0 radical (unpaired) electrons. The van der Waals surface area contributed by atoms with Crippen molar-refractivity contribution in [3.63, 3.8) is 0 Å². The first-order chi connectivity index (χ1) is 12.5. The lowest BCUT2D eigenvalue weighted by atomic mass is 10.1. The monoisotopic (exact) mass is 349 g/mol. The molecule has 0 spiro atoms. The molecule has 0 bridgehead atoms. The summed E-state index contributed by atoms with van der Waals surface area (Å²) in [6.45, 7) is 6.83. The Hall–Kier alpha value is -3.08. The van der Waals surface area contributed by atoms with Crippen LogP contribution in [0.5, 0.6) is 5.75 Å². The zero-order valence-electron chi connectivity index (χ0n) is 15.3. The molecule has 134 valence electrons. The van der Waals surface area contributed by atoms with Crippen molar-refractivity contribution in [3.05, 3.63) is 77.1 Å². The number of nitrogens with one attached hydrogen (secondary N) is 1. The van der Waals surface area contributed by atoms with E-state index in [0.29, 0.717) is 18.8 Å². The number of aryl methyl sites for hydroxylation is 3. The Labute approximate surface area is 153 Å². The molecule has 3 rings (SSSR count). The second-order valence-corrected chi connectivity index (χ2v) is 6.35. The van der Waals surface area contributed by atoms with Crippen molar-refractivity contribution in [1.29, 1.82) is 0 Å². The van der Waals surface area contributed by atoms with Crippen LogP contribution in [0.4, 0.5) is 0 Å². The van der Waals surface area contributed by atoms with Gasteiger partial charge in [-0.2, -0.15) is 5.10 Å². The van der Waals surface area contributed by atoms with Crippen LogP contribution in [0.2, 0.25) is 0 Å². The first kappa shape index (κ1) is 17.7. The molecule has 0 fully saturated rings. The molecule has 3 aromatic rings. The van der Waals surface area contributed by atoms with E-state index in [1.54, 1.807) is 10.7 Å². The number of amides is 1. The standard InChI is InChI=1S/C21H23N3O2/c1-15-11-16(2)13-19(12-15)26-10-9-22-21(25)20-14-17(3)24(23-20)18-7-5-4-6-8-18/h4-8,11-14H,9-10H2,1-3H3,(H,22,25). The van der Waals surface area contributed by atoms with Crippen LogP contribution in [-0.2, 0) is 0 Å². The quantitative estimate of drug-likeness (QED) is 0.692. The van der Waals surface area contributed by atoms with Gasteiger partial charge in [0.05, 0.1) is 12.2 Å². The van der Waals surface area contributed by atoms with E-state index in [9.17, 15) is 4.79 Å². The van der Waals surface area contributed by atoms with Gasteiger partial charge < -0.3 is 10.1 Å². The van der Waals surface area contributed by atoms with Crippen molar-refractivity contribution in [3.8, 4) is 11.4 Å². The molecule has 0 aliphatic heterocycles.